The number of rotatable bonds is 5. The van der Waals surface area contributed by atoms with E-state index in [1.807, 2.05) is 37.3 Å². The Morgan fingerprint density at radius 3 is 2.77 bits per heavy atom. The number of hydrogen-bond donors (Lipinski definition) is 0. The Bertz CT molecular complexity index is 1140. The van der Waals surface area contributed by atoms with Crippen molar-refractivity contribution < 1.29 is 9.21 Å². The van der Waals surface area contributed by atoms with Crippen LogP contribution in [-0.4, -0.2) is 38.4 Å². The molecule has 162 valence electrons. The van der Waals surface area contributed by atoms with Crippen LogP contribution in [0.25, 0.3) is 0 Å². The SMILES string of the molecule is Cc1cc(C)n(CC(=O)N2CCCC(c3ncc(Cc4ccc(Cl)cc4)o3)C2)c(=O)n1. The highest BCUT2D eigenvalue weighted by molar-refractivity contribution is 6.30. The number of nitrogens with zero attached hydrogens (tertiary/aromatic N) is 4. The number of hydrogen-bond acceptors (Lipinski definition) is 5. The fraction of sp³-hybridized carbons (Fsp3) is 0.391. The molecular weight excluding hydrogens is 416 g/mol. The Kier molecular flexibility index (Phi) is 6.23. The van der Waals surface area contributed by atoms with E-state index in [9.17, 15) is 9.59 Å². The van der Waals surface area contributed by atoms with Crippen molar-refractivity contribution in [2.75, 3.05) is 13.1 Å². The van der Waals surface area contributed by atoms with Crippen molar-refractivity contribution in [3.8, 4) is 0 Å². The third kappa shape index (κ3) is 5.05. The molecule has 0 aliphatic carbocycles. The van der Waals surface area contributed by atoms with Crippen LogP contribution in [-0.2, 0) is 17.8 Å². The summed E-state index contributed by atoms with van der Waals surface area (Å²) in [5.41, 5.74) is 2.10. The third-order valence-corrected chi connectivity index (χ3v) is 5.88. The molecule has 1 unspecified atom stereocenters. The zero-order valence-corrected chi connectivity index (χ0v) is 18.4. The molecule has 3 aromatic rings. The number of aryl methyl sites for hydroxylation is 2. The third-order valence-electron chi connectivity index (χ3n) is 5.63. The summed E-state index contributed by atoms with van der Waals surface area (Å²) in [6.45, 7) is 4.79. The lowest BCUT2D eigenvalue weighted by Crippen LogP contribution is -2.42. The second-order valence-corrected chi connectivity index (χ2v) is 8.49. The monoisotopic (exact) mass is 440 g/mol. The molecule has 8 heteroatoms. The highest BCUT2D eigenvalue weighted by atomic mass is 35.5. The number of amides is 1. The summed E-state index contributed by atoms with van der Waals surface area (Å²) in [6.07, 6.45) is 4.18. The van der Waals surface area contributed by atoms with Crippen molar-refractivity contribution in [2.24, 2.45) is 0 Å². The van der Waals surface area contributed by atoms with Gasteiger partial charge in [-0.05, 0) is 50.5 Å². The predicted molar refractivity (Wildman–Crippen MR) is 117 cm³/mol. The Hall–Kier alpha value is -2.93. The van der Waals surface area contributed by atoms with Crippen LogP contribution in [0.15, 0.2) is 45.7 Å². The molecule has 0 bridgehead atoms. The Morgan fingerprint density at radius 1 is 1.26 bits per heavy atom. The zero-order valence-electron chi connectivity index (χ0n) is 17.7. The fourth-order valence-corrected chi connectivity index (χ4v) is 4.13. The number of benzene rings is 1. The lowest BCUT2D eigenvalue weighted by atomic mass is 9.98. The predicted octanol–water partition coefficient (Wildman–Crippen LogP) is 3.50. The molecule has 1 amide bonds. The van der Waals surface area contributed by atoms with Crippen LogP contribution >= 0.6 is 11.6 Å². The van der Waals surface area contributed by atoms with Gasteiger partial charge in [0.15, 0.2) is 5.89 Å². The fourth-order valence-electron chi connectivity index (χ4n) is 4.00. The van der Waals surface area contributed by atoms with Gasteiger partial charge in [0.25, 0.3) is 0 Å². The summed E-state index contributed by atoms with van der Waals surface area (Å²) in [5.74, 6) is 1.40. The molecule has 3 heterocycles. The van der Waals surface area contributed by atoms with E-state index < -0.39 is 0 Å². The van der Waals surface area contributed by atoms with E-state index in [1.54, 1.807) is 18.0 Å². The summed E-state index contributed by atoms with van der Waals surface area (Å²) in [7, 11) is 0. The molecule has 1 fully saturated rings. The van der Waals surface area contributed by atoms with Crippen molar-refractivity contribution in [1.29, 1.82) is 0 Å². The smallest absolute Gasteiger partial charge is 0.348 e. The maximum Gasteiger partial charge on any atom is 0.348 e. The Morgan fingerprint density at radius 2 is 2.03 bits per heavy atom. The lowest BCUT2D eigenvalue weighted by Gasteiger charge is -2.31. The molecular formula is C23H25ClN4O3. The van der Waals surface area contributed by atoms with Gasteiger partial charge in [0.2, 0.25) is 5.91 Å². The second kappa shape index (κ2) is 9.06. The molecule has 0 saturated carbocycles. The van der Waals surface area contributed by atoms with Crippen LogP contribution in [0.4, 0.5) is 0 Å². The van der Waals surface area contributed by atoms with Gasteiger partial charge in [0, 0.05) is 35.9 Å². The average Bonchev–Trinajstić information content (AvgIpc) is 3.21. The maximum atomic E-state index is 12.9. The zero-order chi connectivity index (χ0) is 22.0. The molecule has 1 saturated heterocycles. The number of carbonyl (C=O) groups excluding carboxylic acids is 1. The van der Waals surface area contributed by atoms with Gasteiger partial charge in [-0.3, -0.25) is 9.36 Å². The summed E-state index contributed by atoms with van der Waals surface area (Å²) < 4.78 is 7.43. The lowest BCUT2D eigenvalue weighted by molar-refractivity contribution is -0.133. The minimum Gasteiger partial charge on any atom is -0.445 e. The first-order valence-corrected chi connectivity index (χ1v) is 10.8. The van der Waals surface area contributed by atoms with Crippen molar-refractivity contribution in [1.82, 2.24) is 19.4 Å². The van der Waals surface area contributed by atoms with E-state index >= 15 is 0 Å². The van der Waals surface area contributed by atoms with E-state index in [2.05, 4.69) is 9.97 Å². The second-order valence-electron chi connectivity index (χ2n) is 8.05. The first kappa shape index (κ1) is 21.3. The molecule has 31 heavy (non-hydrogen) atoms. The number of aromatic nitrogens is 3. The van der Waals surface area contributed by atoms with Gasteiger partial charge in [0.05, 0.1) is 12.1 Å². The van der Waals surface area contributed by atoms with E-state index in [1.165, 1.54) is 4.57 Å². The van der Waals surface area contributed by atoms with Crippen LogP contribution in [0.3, 0.4) is 0 Å². The normalized spacial score (nSPS) is 16.5. The first-order valence-electron chi connectivity index (χ1n) is 10.4. The maximum absolute atomic E-state index is 12.9. The summed E-state index contributed by atoms with van der Waals surface area (Å²) in [6, 6.07) is 9.46. The van der Waals surface area contributed by atoms with Gasteiger partial charge in [-0.25, -0.2) is 9.78 Å². The van der Waals surface area contributed by atoms with Gasteiger partial charge in [-0.15, -0.1) is 0 Å². The van der Waals surface area contributed by atoms with Gasteiger partial charge in [-0.1, -0.05) is 23.7 Å². The summed E-state index contributed by atoms with van der Waals surface area (Å²) in [4.78, 5) is 35.3. The van der Waals surface area contributed by atoms with Crippen LogP contribution in [0.1, 0.15) is 47.4 Å². The number of halogens is 1. The molecule has 0 spiro atoms. The first-order chi connectivity index (χ1) is 14.9. The van der Waals surface area contributed by atoms with E-state index in [0.717, 1.165) is 29.9 Å². The van der Waals surface area contributed by atoms with Crippen molar-refractivity contribution in [2.45, 2.75) is 45.6 Å². The number of piperidine rings is 1. The van der Waals surface area contributed by atoms with Gasteiger partial charge in [-0.2, -0.15) is 4.98 Å². The minimum absolute atomic E-state index is 0.00192. The molecule has 4 rings (SSSR count). The molecule has 7 nitrogen and oxygen atoms in total. The van der Waals surface area contributed by atoms with E-state index in [4.69, 9.17) is 16.0 Å². The van der Waals surface area contributed by atoms with Crippen LogP contribution in [0, 0.1) is 13.8 Å². The molecule has 0 N–H and O–H groups in total. The highest BCUT2D eigenvalue weighted by Gasteiger charge is 2.28. The van der Waals surface area contributed by atoms with Crippen LogP contribution in [0.5, 0.6) is 0 Å². The van der Waals surface area contributed by atoms with Crippen LogP contribution < -0.4 is 5.69 Å². The summed E-state index contributed by atoms with van der Waals surface area (Å²) in [5, 5.41) is 0.702. The summed E-state index contributed by atoms with van der Waals surface area (Å²) >= 11 is 5.94. The topological polar surface area (TPSA) is 81.2 Å². The standard InChI is InChI=1S/C23H25ClN4O3/c1-15-10-16(2)28(23(30)26-15)14-21(29)27-9-3-4-18(13-27)22-25-12-20(31-22)11-17-5-7-19(24)8-6-17/h5-8,10,12,18H,3-4,9,11,13-14H2,1-2H3. The molecule has 1 aromatic carbocycles. The number of carbonyl (C=O) groups is 1. The van der Waals surface area contributed by atoms with Gasteiger partial charge >= 0.3 is 5.69 Å². The Balaban J connectivity index is 1.42. The average molecular weight is 441 g/mol. The van der Waals surface area contributed by atoms with Crippen molar-refractivity contribution in [3.05, 3.63) is 80.6 Å². The molecule has 1 aliphatic heterocycles. The largest absolute Gasteiger partial charge is 0.445 e. The molecule has 2 aromatic heterocycles. The highest BCUT2D eigenvalue weighted by Crippen LogP contribution is 2.27. The van der Waals surface area contributed by atoms with Crippen LogP contribution in [0.2, 0.25) is 5.02 Å². The molecule has 1 aliphatic rings. The van der Waals surface area contributed by atoms with Crippen molar-refractivity contribution >= 4 is 17.5 Å². The minimum atomic E-state index is -0.390. The van der Waals surface area contributed by atoms with E-state index in [0.29, 0.717) is 36.1 Å². The van der Waals surface area contributed by atoms with Gasteiger partial charge < -0.3 is 9.32 Å². The number of oxazole rings is 1. The van der Waals surface area contributed by atoms with Crippen molar-refractivity contribution in [3.63, 3.8) is 0 Å². The Labute approximate surface area is 185 Å². The molecule has 0 radical (unpaired) electrons. The van der Waals surface area contributed by atoms with E-state index in [-0.39, 0.29) is 24.1 Å². The number of likely N-dealkylation sites (tertiary alicyclic amines) is 1. The molecule has 1 atom stereocenters. The quantitative estimate of drug-likeness (QED) is 0.606. The van der Waals surface area contributed by atoms with Gasteiger partial charge in [0.1, 0.15) is 12.3 Å².